The zero-order valence-electron chi connectivity index (χ0n) is 18.3. The molecule has 0 amide bonds. The number of aliphatic imine (C=N–C) groups is 1. The second-order valence-corrected chi connectivity index (χ2v) is 6.34. The van der Waals surface area contributed by atoms with Gasteiger partial charge in [0.1, 0.15) is 5.75 Å². The molecular weight excluding hydrogens is 497 g/mol. The highest BCUT2D eigenvalue weighted by Gasteiger charge is 2.13. The van der Waals surface area contributed by atoms with Gasteiger partial charge in [-0.2, -0.15) is 0 Å². The molecule has 2 aromatic rings. The molecule has 2 N–H and O–H groups in total. The molecule has 0 aliphatic carbocycles. The average Bonchev–Trinajstić information content (AvgIpc) is 2.78. The van der Waals surface area contributed by atoms with Crippen molar-refractivity contribution in [1.82, 2.24) is 10.6 Å². The van der Waals surface area contributed by atoms with Crippen LogP contribution in [0.3, 0.4) is 0 Å². The average molecular weight is 529 g/mol. The lowest BCUT2D eigenvalue weighted by Crippen LogP contribution is -2.37. The summed E-state index contributed by atoms with van der Waals surface area (Å²) in [7, 11) is 8.25. The van der Waals surface area contributed by atoms with Gasteiger partial charge in [0.05, 0.1) is 28.4 Å². The number of methoxy groups -OCH3 is 4. The molecular formula is C22H32IN3O4. The van der Waals surface area contributed by atoms with Crippen molar-refractivity contribution in [3.8, 4) is 23.0 Å². The predicted octanol–water partition coefficient (Wildman–Crippen LogP) is 3.64. The summed E-state index contributed by atoms with van der Waals surface area (Å²) in [4.78, 5) is 4.28. The number of hydrogen-bond acceptors (Lipinski definition) is 5. The Morgan fingerprint density at radius 3 is 1.97 bits per heavy atom. The molecule has 0 radical (unpaired) electrons. The fraction of sp³-hybridized carbons (Fsp3) is 0.409. The van der Waals surface area contributed by atoms with Crippen molar-refractivity contribution in [3.63, 3.8) is 0 Å². The molecule has 0 aliphatic heterocycles. The van der Waals surface area contributed by atoms with Gasteiger partial charge in [-0.3, -0.25) is 4.99 Å². The van der Waals surface area contributed by atoms with E-state index in [0.29, 0.717) is 23.8 Å². The lowest BCUT2D eigenvalue weighted by molar-refractivity contribution is 0.323. The highest BCUT2D eigenvalue weighted by molar-refractivity contribution is 14.0. The van der Waals surface area contributed by atoms with Crippen LogP contribution in [0.5, 0.6) is 23.0 Å². The molecule has 0 bridgehead atoms. The number of guanidine groups is 1. The Bertz CT molecular complexity index is 772. The lowest BCUT2D eigenvalue weighted by atomic mass is 10.1. The molecule has 7 nitrogen and oxygen atoms in total. The van der Waals surface area contributed by atoms with E-state index in [4.69, 9.17) is 18.9 Å². The Balaban J connectivity index is 0.00000450. The van der Waals surface area contributed by atoms with E-state index in [-0.39, 0.29) is 24.0 Å². The van der Waals surface area contributed by atoms with E-state index < -0.39 is 0 Å². The van der Waals surface area contributed by atoms with E-state index in [2.05, 4.69) is 27.8 Å². The molecule has 8 heteroatoms. The van der Waals surface area contributed by atoms with Gasteiger partial charge in [-0.05, 0) is 48.2 Å². The largest absolute Gasteiger partial charge is 0.497 e. The van der Waals surface area contributed by atoms with E-state index >= 15 is 0 Å². The number of benzene rings is 2. The number of aryl methyl sites for hydroxylation is 1. The summed E-state index contributed by atoms with van der Waals surface area (Å²) in [6.07, 6.45) is 1.98. The minimum absolute atomic E-state index is 0. The van der Waals surface area contributed by atoms with Crippen LogP contribution in [-0.4, -0.2) is 48.0 Å². The minimum atomic E-state index is 0. The van der Waals surface area contributed by atoms with Crippen LogP contribution in [0.25, 0.3) is 0 Å². The predicted molar refractivity (Wildman–Crippen MR) is 131 cm³/mol. The van der Waals surface area contributed by atoms with Crippen LogP contribution in [0, 0.1) is 0 Å². The first-order valence-electron chi connectivity index (χ1n) is 9.51. The third-order valence-corrected chi connectivity index (χ3v) is 4.50. The molecule has 0 saturated carbocycles. The van der Waals surface area contributed by atoms with Gasteiger partial charge in [0.15, 0.2) is 17.5 Å². The highest BCUT2D eigenvalue weighted by Crippen LogP contribution is 2.38. The summed E-state index contributed by atoms with van der Waals surface area (Å²) in [5.74, 6) is 3.47. The fourth-order valence-corrected chi connectivity index (χ4v) is 2.94. The molecule has 30 heavy (non-hydrogen) atoms. The van der Waals surface area contributed by atoms with Crippen LogP contribution in [0.1, 0.15) is 17.5 Å². The van der Waals surface area contributed by atoms with Gasteiger partial charge >= 0.3 is 0 Å². The van der Waals surface area contributed by atoms with Gasteiger partial charge in [-0.25, -0.2) is 0 Å². The Hall–Kier alpha value is -2.36. The normalized spacial score (nSPS) is 10.6. The van der Waals surface area contributed by atoms with Crippen molar-refractivity contribution in [3.05, 3.63) is 47.5 Å². The van der Waals surface area contributed by atoms with E-state index in [1.54, 1.807) is 35.5 Å². The van der Waals surface area contributed by atoms with Crippen molar-refractivity contribution >= 4 is 29.9 Å². The summed E-state index contributed by atoms with van der Waals surface area (Å²) in [5, 5.41) is 6.65. The summed E-state index contributed by atoms with van der Waals surface area (Å²) in [5.41, 5.74) is 2.29. The van der Waals surface area contributed by atoms with Crippen LogP contribution in [0.4, 0.5) is 0 Å². The molecule has 0 fully saturated rings. The minimum Gasteiger partial charge on any atom is -0.497 e. The first kappa shape index (κ1) is 25.7. The van der Waals surface area contributed by atoms with Gasteiger partial charge in [0, 0.05) is 20.1 Å². The zero-order valence-corrected chi connectivity index (χ0v) is 20.6. The van der Waals surface area contributed by atoms with Gasteiger partial charge < -0.3 is 29.6 Å². The van der Waals surface area contributed by atoms with Crippen molar-refractivity contribution in [2.75, 3.05) is 42.0 Å². The molecule has 0 atom stereocenters. The van der Waals surface area contributed by atoms with Crippen LogP contribution < -0.4 is 29.6 Å². The maximum Gasteiger partial charge on any atom is 0.203 e. The van der Waals surface area contributed by atoms with Crippen molar-refractivity contribution in [2.45, 2.75) is 19.4 Å². The van der Waals surface area contributed by atoms with Gasteiger partial charge in [-0.1, -0.05) is 12.1 Å². The molecule has 2 rings (SSSR count). The number of halogens is 1. The third kappa shape index (κ3) is 7.47. The van der Waals surface area contributed by atoms with Crippen LogP contribution in [-0.2, 0) is 13.0 Å². The molecule has 0 heterocycles. The second-order valence-electron chi connectivity index (χ2n) is 6.34. The monoisotopic (exact) mass is 529 g/mol. The lowest BCUT2D eigenvalue weighted by Gasteiger charge is -2.16. The van der Waals surface area contributed by atoms with Crippen molar-refractivity contribution < 1.29 is 18.9 Å². The van der Waals surface area contributed by atoms with Crippen molar-refractivity contribution in [1.29, 1.82) is 0 Å². The summed E-state index contributed by atoms with van der Waals surface area (Å²) in [6.45, 7) is 1.40. The summed E-state index contributed by atoms with van der Waals surface area (Å²) in [6, 6.07) is 12.0. The van der Waals surface area contributed by atoms with E-state index in [1.165, 1.54) is 5.56 Å². The Morgan fingerprint density at radius 2 is 1.47 bits per heavy atom. The molecule has 0 unspecified atom stereocenters. The maximum atomic E-state index is 5.40. The quantitative estimate of drug-likeness (QED) is 0.212. The SMILES string of the molecule is CN=C(NCCCc1ccc(OC)cc1)NCc1cc(OC)c(OC)c(OC)c1.I. The molecule has 0 aromatic heterocycles. The third-order valence-electron chi connectivity index (χ3n) is 4.50. The van der Waals surface area contributed by atoms with E-state index in [1.807, 2.05) is 24.3 Å². The van der Waals surface area contributed by atoms with Crippen LogP contribution in [0.2, 0.25) is 0 Å². The molecule has 2 aromatic carbocycles. The number of nitrogens with zero attached hydrogens (tertiary/aromatic N) is 1. The topological polar surface area (TPSA) is 73.3 Å². The standard InChI is InChI=1S/C22H31N3O4.HI/c1-23-22(24-12-6-7-16-8-10-18(26-2)11-9-16)25-15-17-13-19(27-3)21(29-5)20(14-17)28-4;/h8-11,13-14H,6-7,12,15H2,1-5H3,(H2,23,24,25);1H. The Kier molecular flexibility index (Phi) is 11.8. The molecule has 166 valence electrons. The highest BCUT2D eigenvalue weighted by atomic mass is 127. The number of rotatable bonds is 10. The molecule has 0 saturated heterocycles. The van der Waals surface area contributed by atoms with Gasteiger partial charge in [0.2, 0.25) is 5.75 Å². The van der Waals surface area contributed by atoms with Gasteiger partial charge in [0.25, 0.3) is 0 Å². The molecule has 0 spiro atoms. The Morgan fingerprint density at radius 1 is 0.833 bits per heavy atom. The second kappa shape index (κ2) is 13.8. The smallest absolute Gasteiger partial charge is 0.203 e. The first-order valence-corrected chi connectivity index (χ1v) is 9.51. The van der Waals surface area contributed by atoms with Crippen molar-refractivity contribution in [2.24, 2.45) is 4.99 Å². The zero-order chi connectivity index (χ0) is 21.1. The van der Waals surface area contributed by atoms with E-state index in [9.17, 15) is 0 Å². The fourth-order valence-electron chi connectivity index (χ4n) is 2.94. The molecule has 0 aliphatic rings. The summed E-state index contributed by atoms with van der Waals surface area (Å²) < 4.78 is 21.4. The number of hydrogen-bond donors (Lipinski definition) is 2. The van der Waals surface area contributed by atoms with Crippen LogP contribution >= 0.6 is 24.0 Å². The van der Waals surface area contributed by atoms with Crippen LogP contribution in [0.15, 0.2) is 41.4 Å². The summed E-state index contributed by atoms with van der Waals surface area (Å²) >= 11 is 0. The number of nitrogens with one attached hydrogen (secondary N) is 2. The number of ether oxygens (including phenoxy) is 4. The Labute approximate surface area is 196 Å². The maximum absolute atomic E-state index is 5.40. The van der Waals surface area contributed by atoms with E-state index in [0.717, 1.165) is 36.7 Å². The first-order chi connectivity index (χ1) is 14.1. The van der Waals surface area contributed by atoms with Gasteiger partial charge in [-0.15, -0.1) is 24.0 Å².